The predicted octanol–water partition coefficient (Wildman–Crippen LogP) is 5.10. The largest absolute Gasteiger partial charge is 0.268 e. The molecular formula is C22H26N4O. The maximum Gasteiger partial charge on any atom is 0.267 e. The molecule has 0 aliphatic rings. The Morgan fingerprint density at radius 3 is 2.37 bits per heavy atom. The summed E-state index contributed by atoms with van der Waals surface area (Å²) in [6.45, 7) is 8.43. The maximum absolute atomic E-state index is 13.2. The molecule has 0 atom stereocenters. The van der Waals surface area contributed by atoms with Gasteiger partial charge >= 0.3 is 0 Å². The molecule has 0 fully saturated rings. The van der Waals surface area contributed by atoms with Crippen molar-refractivity contribution in [2.45, 2.75) is 46.5 Å². The summed E-state index contributed by atoms with van der Waals surface area (Å²) in [5.74, 6) is 0.861. The number of nitrogens with zero attached hydrogens (tertiary/aromatic N) is 3. The lowest BCUT2D eigenvalue weighted by Gasteiger charge is -2.14. The lowest BCUT2D eigenvalue weighted by atomic mass is 10.0. The highest BCUT2D eigenvalue weighted by Crippen LogP contribution is 2.20. The average Bonchev–Trinajstić information content (AvgIpc) is 2.69. The molecular weight excluding hydrogens is 336 g/mol. The zero-order valence-electron chi connectivity index (χ0n) is 16.4. The minimum atomic E-state index is -0.106. The molecule has 0 aliphatic carbocycles. The summed E-state index contributed by atoms with van der Waals surface area (Å²) in [6, 6.07) is 15.4. The van der Waals surface area contributed by atoms with E-state index in [-0.39, 0.29) is 5.56 Å². The van der Waals surface area contributed by atoms with E-state index in [0.717, 1.165) is 24.2 Å². The SMILES string of the molecule is CCC(CC)=NNc1nc2ccccc2c(=O)n1-c1ccc(C(C)C)cc1. The first-order valence-corrected chi connectivity index (χ1v) is 9.48. The summed E-state index contributed by atoms with van der Waals surface area (Å²) in [5, 5.41) is 5.04. The second-order valence-corrected chi connectivity index (χ2v) is 6.84. The molecule has 1 N–H and O–H groups in total. The van der Waals surface area contributed by atoms with E-state index in [9.17, 15) is 4.79 Å². The number of hydrogen-bond acceptors (Lipinski definition) is 4. The Morgan fingerprint density at radius 2 is 1.74 bits per heavy atom. The predicted molar refractivity (Wildman–Crippen MR) is 113 cm³/mol. The second kappa shape index (κ2) is 8.16. The third-order valence-corrected chi connectivity index (χ3v) is 4.72. The second-order valence-electron chi connectivity index (χ2n) is 6.84. The van der Waals surface area contributed by atoms with Crippen LogP contribution in [-0.4, -0.2) is 15.3 Å². The van der Waals surface area contributed by atoms with E-state index in [1.54, 1.807) is 10.6 Å². The molecule has 1 aromatic heterocycles. The van der Waals surface area contributed by atoms with Crippen LogP contribution in [0.5, 0.6) is 0 Å². The normalized spacial score (nSPS) is 11.0. The topological polar surface area (TPSA) is 59.3 Å². The van der Waals surface area contributed by atoms with Crippen molar-refractivity contribution < 1.29 is 0 Å². The Balaban J connectivity index is 2.18. The number of anilines is 1. The molecule has 5 nitrogen and oxygen atoms in total. The van der Waals surface area contributed by atoms with Gasteiger partial charge in [0.2, 0.25) is 5.95 Å². The van der Waals surface area contributed by atoms with Crippen LogP contribution in [0.3, 0.4) is 0 Å². The first-order chi connectivity index (χ1) is 13.0. The van der Waals surface area contributed by atoms with Crippen molar-refractivity contribution in [1.29, 1.82) is 0 Å². The van der Waals surface area contributed by atoms with Gasteiger partial charge in [-0.15, -0.1) is 0 Å². The summed E-state index contributed by atoms with van der Waals surface area (Å²) >= 11 is 0. The number of para-hydroxylation sites is 1. The van der Waals surface area contributed by atoms with E-state index in [1.165, 1.54) is 5.56 Å². The van der Waals surface area contributed by atoms with Crippen molar-refractivity contribution in [3.63, 3.8) is 0 Å². The van der Waals surface area contributed by atoms with Crippen molar-refractivity contribution in [3.8, 4) is 5.69 Å². The van der Waals surface area contributed by atoms with Gasteiger partial charge in [0.1, 0.15) is 0 Å². The third-order valence-electron chi connectivity index (χ3n) is 4.72. The van der Waals surface area contributed by atoms with Gasteiger partial charge in [-0.2, -0.15) is 5.10 Å². The first kappa shape index (κ1) is 18.8. The Hall–Kier alpha value is -2.95. The quantitative estimate of drug-likeness (QED) is 0.490. The summed E-state index contributed by atoms with van der Waals surface area (Å²) in [4.78, 5) is 17.8. The van der Waals surface area contributed by atoms with Crippen LogP contribution in [0.15, 0.2) is 58.4 Å². The molecule has 27 heavy (non-hydrogen) atoms. The zero-order chi connectivity index (χ0) is 19.4. The first-order valence-electron chi connectivity index (χ1n) is 9.48. The number of fused-ring (bicyclic) bond motifs is 1. The number of rotatable bonds is 6. The van der Waals surface area contributed by atoms with Crippen molar-refractivity contribution in [2.75, 3.05) is 5.43 Å². The van der Waals surface area contributed by atoms with Gasteiger partial charge in [0.15, 0.2) is 0 Å². The smallest absolute Gasteiger partial charge is 0.267 e. The minimum Gasteiger partial charge on any atom is -0.268 e. The molecule has 0 spiro atoms. The zero-order valence-corrected chi connectivity index (χ0v) is 16.4. The molecule has 140 valence electrons. The highest BCUT2D eigenvalue weighted by atomic mass is 16.1. The van der Waals surface area contributed by atoms with E-state index < -0.39 is 0 Å². The van der Waals surface area contributed by atoms with E-state index in [0.29, 0.717) is 22.8 Å². The van der Waals surface area contributed by atoms with Crippen LogP contribution in [0.2, 0.25) is 0 Å². The number of hydrogen-bond donors (Lipinski definition) is 1. The molecule has 0 bridgehead atoms. The van der Waals surface area contributed by atoms with Crippen LogP contribution in [0.1, 0.15) is 52.0 Å². The van der Waals surface area contributed by atoms with Crippen LogP contribution >= 0.6 is 0 Å². The van der Waals surface area contributed by atoms with Gasteiger partial charge in [-0.25, -0.2) is 15.0 Å². The van der Waals surface area contributed by atoms with E-state index in [1.807, 2.05) is 30.3 Å². The standard InChI is InChI=1S/C22H26N4O/c1-5-17(6-2)24-25-22-23-20-10-8-7-9-19(20)21(27)26(22)18-13-11-16(12-14-18)15(3)4/h7-15H,5-6H2,1-4H3,(H,23,25). The molecule has 0 unspecified atom stereocenters. The fourth-order valence-electron chi connectivity index (χ4n) is 2.99. The van der Waals surface area contributed by atoms with Crippen LogP contribution in [-0.2, 0) is 0 Å². The molecule has 0 aliphatic heterocycles. The third kappa shape index (κ3) is 3.92. The fraction of sp³-hybridized carbons (Fsp3) is 0.318. The lowest BCUT2D eigenvalue weighted by Crippen LogP contribution is -2.23. The number of benzene rings is 2. The van der Waals surface area contributed by atoms with Gasteiger partial charge < -0.3 is 0 Å². The highest BCUT2D eigenvalue weighted by Gasteiger charge is 2.13. The van der Waals surface area contributed by atoms with Gasteiger partial charge in [0.25, 0.3) is 5.56 Å². The van der Waals surface area contributed by atoms with E-state index in [4.69, 9.17) is 0 Å². The molecule has 3 aromatic rings. The highest BCUT2D eigenvalue weighted by molar-refractivity contribution is 5.84. The molecule has 0 radical (unpaired) electrons. The molecule has 2 aromatic carbocycles. The lowest BCUT2D eigenvalue weighted by molar-refractivity contribution is 0.863. The Bertz CT molecular complexity index is 1010. The summed E-state index contributed by atoms with van der Waals surface area (Å²) in [6.07, 6.45) is 1.70. The summed E-state index contributed by atoms with van der Waals surface area (Å²) in [7, 11) is 0. The molecule has 1 heterocycles. The molecule has 3 rings (SSSR count). The van der Waals surface area contributed by atoms with Crippen molar-refractivity contribution >= 4 is 22.6 Å². The van der Waals surface area contributed by atoms with Gasteiger partial charge in [-0.05, 0) is 48.6 Å². The summed E-state index contributed by atoms with van der Waals surface area (Å²) < 4.78 is 1.60. The van der Waals surface area contributed by atoms with E-state index in [2.05, 4.69) is 55.3 Å². The molecule has 5 heteroatoms. The van der Waals surface area contributed by atoms with Crippen molar-refractivity contribution in [3.05, 3.63) is 64.4 Å². The van der Waals surface area contributed by atoms with E-state index >= 15 is 0 Å². The number of nitrogens with one attached hydrogen (secondary N) is 1. The van der Waals surface area contributed by atoms with Gasteiger partial charge in [-0.3, -0.25) is 4.79 Å². The van der Waals surface area contributed by atoms with Crippen LogP contribution in [0.4, 0.5) is 5.95 Å². The molecule has 0 saturated heterocycles. The molecule has 0 amide bonds. The van der Waals surface area contributed by atoms with Crippen molar-refractivity contribution in [2.24, 2.45) is 5.10 Å². The maximum atomic E-state index is 13.2. The fourth-order valence-corrected chi connectivity index (χ4v) is 2.99. The van der Waals surface area contributed by atoms with Gasteiger partial charge in [0, 0.05) is 5.71 Å². The number of hydrazone groups is 1. The van der Waals surface area contributed by atoms with Gasteiger partial charge in [-0.1, -0.05) is 52.0 Å². The minimum absolute atomic E-state index is 0.106. The Kier molecular flexibility index (Phi) is 5.69. The monoisotopic (exact) mass is 362 g/mol. The summed E-state index contributed by atoms with van der Waals surface area (Å²) in [5.41, 5.74) is 6.60. The average molecular weight is 362 g/mol. The number of aromatic nitrogens is 2. The van der Waals surface area contributed by atoms with Crippen molar-refractivity contribution in [1.82, 2.24) is 9.55 Å². The van der Waals surface area contributed by atoms with Crippen LogP contribution in [0.25, 0.3) is 16.6 Å². The Labute approximate surface area is 159 Å². The van der Waals surface area contributed by atoms with Crippen LogP contribution in [0, 0.1) is 0 Å². The Morgan fingerprint density at radius 1 is 1.07 bits per heavy atom. The van der Waals surface area contributed by atoms with Gasteiger partial charge in [0.05, 0.1) is 16.6 Å². The van der Waals surface area contributed by atoms with Crippen LogP contribution < -0.4 is 11.0 Å². The molecule has 0 saturated carbocycles.